The zero-order valence-corrected chi connectivity index (χ0v) is 13.3. The van der Waals surface area contributed by atoms with Crippen LogP contribution in [0.4, 0.5) is 14.8 Å². The van der Waals surface area contributed by atoms with Crippen molar-refractivity contribution in [3.63, 3.8) is 0 Å². The summed E-state index contributed by atoms with van der Waals surface area (Å²) in [5, 5.41) is 5.46. The molecule has 4 amide bonds. The monoisotopic (exact) mass is 352 g/mol. The molecule has 9 heteroatoms. The number of hydrogen-bond acceptors (Lipinski definition) is 4. The molecule has 23 heavy (non-hydrogen) atoms. The minimum atomic E-state index is -0.831. The van der Waals surface area contributed by atoms with Gasteiger partial charge in [0.25, 0.3) is 11.8 Å². The second-order valence-electron chi connectivity index (χ2n) is 4.50. The van der Waals surface area contributed by atoms with Crippen molar-refractivity contribution >= 4 is 50.8 Å². The number of hydrogen-bond donors (Lipinski definition) is 4. The topological polar surface area (TPSA) is 127 Å². The molecule has 7 nitrogen and oxygen atoms in total. The maximum atomic E-state index is 12.2. The van der Waals surface area contributed by atoms with Crippen LogP contribution in [-0.2, 0) is 5.88 Å². The summed E-state index contributed by atoms with van der Waals surface area (Å²) in [5.74, 6) is -0.826. The van der Waals surface area contributed by atoms with Crippen molar-refractivity contribution in [2.75, 3.05) is 10.6 Å². The van der Waals surface area contributed by atoms with E-state index in [1.165, 1.54) is 6.07 Å². The first-order valence-corrected chi connectivity index (χ1v) is 7.72. The predicted octanol–water partition coefficient (Wildman–Crippen LogP) is 2.33. The van der Waals surface area contributed by atoms with Gasteiger partial charge in [-0.1, -0.05) is 23.5 Å². The molecule has 1 heterocycles. The van der Waals surface area contributed by atoms with Crippen molar-refractivity contribution in [2.45, 2.75) is 5.88 Å². The van der Waals surface area contributed by atoms with Gasteiger partial charge in [-0.3, -0.25) is 14.9 Å². The lowest BCUT2D eigenvalue weighted by Gasteiger charge is -2.03. The highest BCUT2D eigenvalue weighted by molar-refractivity contribution is 7.20. The minimum Gasteiger partial charge on any atom is -0.366 e. The lowest BCUT2D eigenvalue weighted by Crippen LogP contribution is -2.21. The van der Waals surface area contributed by atoms with Gasteiger partial charge in [-0.05, 0) is 23.8 Å². The highest BCUT2D eigenvalue weighted by Crippen LogP contribution is 2.32. The molecule has 0 atom stereocenters. The Bertz CT molecular complexity index is 775. The number of nitrogens with one attached hydrogen (secondary N) is 2. The van der Waals surface area contributed by atoms with Crippen molar-refractivity contribution < 1.29 is 14.4 Å². The number of amides is 4. The molecule has 2 rings (SSSR count). The van der Waals surface area contributed by atoms with E-state index in [-0.39, 0.29) is 16.5 Å². The van der Waals surface area contributed by atoms with Crippen LogP contribution in [0.5, 0.6) is 0 Å². The second-order valence-corrected chi connectivity index (χ2v) is 5.81. The molecular formula is C14H13ClN4O3S. The Balaban J connectivity index is 2.23. The average Bonchev–Trinajstić information content (AvgIpc) is 2.89. The summed E-state index contributed by atoms with van der Waals surface area (Å²) >= 11 is 6.72. The second kappa shape index (κ2) is 7.12. The fraction of sp³-hybridized carbons (Fsp3) is 0.0714. The molecular weight excluding hydrogens is 340 g/mol. The summed E-state index contributed by atoms with van der Waals surface area (Å²) in [6.45, 7) is 0. The van der Waals surface area contributed by atoms with Crippen LogP contribution in [0.15, 0.2) is 30.3 Å². The maximum Gasteiger partial charge on any atom is 0.317 e. The van der Waals surface area contributed by atoms with Gasteiger partial charge >= 0.3 is 6.03 Å². The van der Waals surface area contributed by atoms with E-state index >= 15 is 0 Å². The molecule has 0 fully saturated rings. The number of alkyl halides is 1. The Kier molecular flexibility index (Phi) is 5.20. The summed E-state index contributed by atoms with van der Waals surface area (Å²) < 4.78 is 0. The number of rotatable bonds is 5. The molecule has 1 aromatic carbocycles. The largest absolute Gasteiger partial charge is 0.366 e. The Hall–Kier alpha value is -2.58. The smallest absolute Gasteiger partial charge is 0.317 e. The van der Waals surface area contributed by atoms with Crippen LogP contribution in [0.3, 0.4) is 0 Å². The molecule has 2 aromatic rings. The van der Waals surface area contributed by atoms with Crippen molar-refractivity contribution in [2.24, 2.45) is 11.5 Å². The number of halogens is 1. The van der Waals surface area contributed by atoms with E-state index in [1.807, 2.05) is 0 Å². The standard InChI is InChI=1S/C14H13ClN4O3S/c15-6-7-2-1-3-8(4-7)12(21)18-10-5-9(11(16)20)13(23-10)19-14(17)22/h1-5H,6H2,(H2,16,20)(H,18,21)(H3,17,19,22). The van der Waals surface area contributed by atoms with Gasteiger partial charge < -0.3 is 16.8 Å². The van der Waals surface area contributed by atoms with E-state index in [0.29, 0.717) is 16.4 Å². The van der Waals surface area contributed by atoms with Gasteiger partial charge in [0.1, 0.15) is 5.00 Å². The lowest BCUT2D eigenvalue weighted by atomic mass is 10.1. The number of benzene rings is 1. The van der Waals surface area contributed by atoms with Gasteiger partial charge in [0.15, 0.2) is 0 Å². The summed E-state index contributed by atoms with van der Waals surface area (Å²) in [4.78, 5) is 34.5. The molecule has 0 aliphatic rings. The number of carbonyl (C=O) groups is 3. The summed E-state index contributed by atoms with van der Waals surface area (Å²) in [6.07, 6.45) is 0. The number of urea groups is 1. The highest BCUT2D eigenvalue weighted by Gasteiger charge is 2.17. The molecule has 0 saturated carbocycles. The summed E-state index contributed by atoms with van der Waals surface area (Å²) in [5.41, 5.74) is 11.6. The quantitative estimate of drug-likeness (QED) is 0.616. The van der Waals surface area contributed by atoms with Gasteiger partial charge in [-0.15, -0.1) is 11.6 Å². The van der Waals surface area contributed by atoms with Gasteiger partial charge in [0, 0.05) is 11.4 Å². The van der Waals surface area contributed by atoms with Crippen molar-refractivity contribution in [3.8, 4) is 0 Å². The van der Waals surface area contributed by atoms with E-state index in [0.717, 1.165) is 16.9 Å². The Morgan fingerprint density at radius 1 is 1.13 bits per heavy atom. The molecule has 6 N–H and O–H groups in total. The first kappa shape index (κ1) is 16.8. The van der Waals surface area contributed by atoms with Gasteiger partial charge in [0.05, 0.1) is 10.6 Å². The van der Waals surface area contributed by atoms with Gasteiger partial charge in [-0.2, -0.15) is 0 Å². The third-order valence-corrected chi connectivity index (χ3v) is 4.09. The molecule has 0 saturated heterocycles. The molecule has 0 spiro atoms. The first-order chi connectivity index (χ1) is 10.9. The number of anilines is 2. The van der Waals surface area contributed by atoms with Crippen LogP contribution in [-0.4, -0.2) is 17.8 Å². The lowest BCUT2D eigenvalue weighted by molar-refractivity contribution is 0.0997. The third kappa shape index (κ3) is 4.21. The average molecular weight is 353 g/mol. The van der Waals surface area contributed by atoms with E-state index in [4.69, 9.17) is 23.1 Å². The predicted molar refractivity (Wildman–Crippen MR) is 90.0 cm³/mol. The van der Waals surface area contributed by atoms with Crippen molar-refractivity contribution in [3.05, 3.63) is 47.0 Å². The zero-order valence-electron chi connectivity index (χ0n) is 11.8. The van der Waals surface area contributed by atoms with Crippen LogP contribution in [0.2, 0.25) is 0 Å². The first-order valence-electron chi connectivity index (χ1n) is 6.37. The zero-order chi connectivity index (χ0) is 17.0. The SMILES string of the molecule is NC(=O)Nc1sc(NC(=O)c2cccc(CCl)c2)cc1C(N)=O. The van der Waals surface area contributed by atoms with Gasteiger partial charge in [0.2, 0.25) is 0 Å². The molecule has 0 bridgehead atoms. The van der Waals surface area contributed by atoms with Gasteiger partial charge in [-0.25, -0.2) is 4.79 Å². The molecule has 1 aromatic heterocycles. The van der Waals surface area contributed by atoms with Crippen molar-refractivity contribution in [1.29, 1.82) is 0 Å². The number of nitrogens with two attached hydrogens (primary N) is 2. The molecule has 0 aliphatic heterocycles. The normalized spacial score (nSPS) is 10.1. The summed E-state index contributed by atoms with van der Waals surface area (Å²) in [7, 11) is 0. The third-order valence-electron chi connectivity index (χ3n) is 2.81. The fourth-order valence-electron chi connectivity index (χ4n) is 1.82. The maximum absolute atomic E-state index is 12.2. The van der Waals surface area contributed by atoms with E-state index in [2.05, 4.69) is 10.6 Å². The Labute approximate surface area is 140 Å². The summed E-state index contributed by atoms with van der Waals surface area (Å²) in [6, 6.07) is 7.36. The molecule has 0 radical (unpaired) electrons. The molecule has 0 unspecified atom stereocenters. The van der Waals surface area contributed by atoms with E-state index < -0.39 is 11.9 Å². The minimum absolute atomic E-state index is 0.0682. The fourth-order valence-corrected chi connectivity index (χ4v) is 2.95. The molecule has 120 valence electrons. The van der Waals surface area contributed by atoms with Crippen LogP contribution < -0.4 is 22.1 Å². The number of thiophene rings is 1. The van der Waals surface area contributed by atoms with Crippen molar-refractivity contribution in [1.82, 2.24) is 0 Å². The van der Waals surface area contributed by atoms with E-state index in [9.17, 15) is 14.4 Å². The Morgan fingerprint density at radius 2 is 1.87 bits per heavy atom. The van der Waals surface area contributed by atoms with E-state index in [1.54, 1.807) is 24.3 Å². The van der Waals surface area contributed by atoms with Crippen LogP contribution in [0, 0.1) is 0 Å². The van der Waals surface area contributed by atoms with Crippen LogP contribution in [0.1, 0.15) is 26.3 Å². The number of carbonyl (C=O) groups excluding carboxylic acids is 3. The van der Waals surface area contributed by atoms with Crippen LogP contribution >= 0.6 is 22.9 Å². The van der Waals surface area contributed by atoms with Crippen LogP contribution in [0.25, 0.3) is 0 Å². The molecule has 0 aliphatic carbocycles. The number of primary amides is 2. The highest BCUT2D eigenvalue weighted by atomic mass is 35.5. The Morgan fingerprint density at radius 3 is 2.48 bits per heavy atom.